The summed E-state index contributed by atoms with van der Waals surface area (Å²) in [4.78, 5) is 12.2. The zero-order chi connectivity index (χ0) is 14.6. The number of thiophene rings is 1. The van der Waals surface area contributed by atoms with Crippen LogP contribution in [0.2, 0.25) is 0 Å². The second-order valence-electron chi connectivity index (χ2n) is 4.85. The molecule has 2 unspecified atom stereocenters. The van der Waals surface area contributed by atoms with E-state index < -0.39 is 11.6 Å². The average Bonchev–Trinajstić information content (AvgIpc) is 2.99. The van der Waals surface area contributed by atoms with Crippen LogP contribution in [0.15, 0.2) is 47.2 Å². The first-order valence-electron chi connectivity index (χ1n) is 6.34. The first-order chi connectivity index (χ1) is 9.51. The summed E-state index contributed by atoms with van der Waals surface area (Å²) < 4.78 is 0. The summed E-state index contributed by atoms with van der Waals surface area (Å²) in [6.07, 6.45) is -0.711. The van der Waals surface area contributed by atoms with Gasteiger partial charge in [-0.25, -0.2) is 0 Å². The summed E-state index contributed by atoms with van der Waals surface area (Å²) in [7, 11) is 0. The van der Waals surface area contributed by atoms with Crippen molar-refractivity contribution in [3.8, 4) is 0 Å². The van der Waals surface area contributed by atoms with Crippen molar-refractivity contribution in [3.63, 3.8) is 0 Å². The van der Waals surface area contributed by atoms with Gasteiger partial charge in [-0.1, -0.05) is 30.3 Å². The van der Waals surface area contributed by atoms with E-state index >= 15 is 0 Å². The van der Waals surface area contributed by atoms with Crippen LogP contribution in [0.1, 0.15) is 24.2 Å². The monoisotopic (exact) mass is 326 g/mol. The molecule has 1 amide bonds. The molecule has 21 heavy (non-hydrogen) atoms. The van der Waals surface area contributed by atoms with E-state index in [0.29, 0.717) is 0 Å². The molecule has 4 N–H and O–H groups in total. The van der Waals surface area contributed by atoms with Gasteiger partial charge in [-0.05, 0) is 34.9 Å². The number of nitrogens with two attached hydrogens (primary N) is 1. The molecular formula is C15H19ClN2O2S. The number of benzene rings is 1. The summed E-state index contributed by atoms with van der Waals surface area (Å²) in [5.74, 6) is -0.307. The lowest BCUT2D eigenvalue weighted by Gasteiger charge is -2.24. The second kappa shape index (κ2) is 7.56. The standard InChI is InChI=1S/C15H18N2O2S.ClH/c1-15(16,12-5-3-2-4-6-12)14(19)17-9-13(18)11-7-8-20-10-11;/h2-8,10,13,18H,9,16H2,1H3,(H,17,19);1H. The van der Waals surface area contributed by atoms with Crippen LogP contribution in [0.3, 0.4) is 0 Å². The van der Waals surface area contributed by atoms with E-state index in [9.17, 15) is 9.90 Å². The van der Waals surface area contributed by atoms with Crippen LogP contribution in [-0.4, -0.2) is 17.6 Å². The van der Waals surface area contributed by atoms with Gasteiger partial charge in [0.15, 0.2) is 0 Å². The number of halogens is 1. The maximum atomic E-state index is 12.2. The predicted molar refractivity (Wildman–Crippen MR) is 87.5 cm³/mol. The molecule has 0 aliphatic rings. The van der Waals surface area contributed by atoms with Crippen LogP contribution in [0.4, 0.5) is 0 Å². The van der Waals surface area contributed by atoms with Crippen molar-refractivity contribution < 1.29 is 9.90 Å². The number of hydrogen-bond acceptors (Lipinski definition) is 4. The molecule has 0 saturated carbocycles. The Morgan fingerprint density at radius 1 is 1.38 bits per heavy atom. The molecule has 0 bridgehead atoms. The Morgan fingerprint density at radius 2 is 2.05 bits per heavy atom. The molecule has 1 aromatic heterocycles. The first kappa shape index (κ1) is 17.7. The molecule has 114 valence electrons. The summed E-state index contributed by atoms with van der Waals surface area (Å²) in [5.41, 5.74) is 6.52. The van der Waals surface area contributed by atoms with Gasteiger partial charge in [-0.15, -0.1) is 12.4 Å². The van der Waals surface area contributed by atoms with Crippen molar-refractivity contribution in [3.05, 3.63) is 58.3 Å². The van der Waals surface area contributed by atoms with E-state index in [2.05, 4.69) is 5.32 Å². The van der Waals surface area contributed by atoms with Crippen molar-refractivity contribution >= 4 is 29.7 Å². The lowest BCUT2D eigenvalue weighted by Crippen LogP contribution is -2.49. The second-order valence-corrected chi connectivity index (χ2v) is 5.63. The quantitative estimate of drug-likeness (QED) is 0.788. The van der Waals surface area contributed by atoms with Gasteiger partial charge in [0.25, 0.3) is 0 Å². The summed E-state index contributed by atoms with van der Waals surface area (Å²) in [5, 5.41) is 16.4. The van der Waals surface area contributed by atoms with Crippen molar-refractivity contribution in [2.75, 3.05) is 6.54 Å². The highest BCUT2D eigenvalue weighted by atomic mass is 35.5. The fraction of sp³-hybridized carbons (Fsp3) is 0.267. The van der Waals surface area contributed by atoms with Gasteiger partial charge in [0.1, 0.15) is 5.54 Å². The van der Waals surface area contributed by atoms with Gasteiger partial charge >= 0.3 is 0 Å². The smallest absolute Gasteiger partial charge is 0.244 e. The van der Waals surface area contributed by atoms with E-state index in [1.807, 2.05) is 47.2 Å². The van der Waals surface area contributed by atoms with Gasteiger partial charge in [0.2, 0.25) is 5.91 Å². The molecule has 4 nitrogen and oxygen atoms in total. The van der Waals surface area contributed by atoms with Crippen LogP contribution in [0.5, 0.6) is 0 Å². The van der Waals surface area contributed by atoms with E-state index in [0.717, 1.165) is 11.1 Å². The molecule has 2 atom stereocenters. The molecule has 0 aliphatic carbocycles. The highest BCUT2D eigenvalue weighted by Crippen LogP contribution is 2.19. The zero-order valence-electron chi connectivity index (χ0n) is 11.7. The SMILES string of the molecule is CC(N)(C(=O)NCC(O)c1ccsc1)c1ccccc1.Cl. The van der Waals surface area contributed by atoms with Gasteiger partial charge in [-0.2, -0.15) is 11.3 Å². The molecular weight excluding hydrogens is 308 g/mol. The largest absolute Gasteiger partial charge is 0.387 e. The summed E-state index contributed by atoms with van der Waals surface area (Å²) in [6, 6.07) is 11.0. The van der Waals surface area contributed by atoms with Crippen LogP contribution in [-0.2, 0) is 10.3 Å². The molecule has 0 fully saturated rings. The Bertz CT molecular complexity index is 558. The van der Waals surface area contributed by atoms with Crippen molar-refractivity contribution in [1.29, 1.82) is 0 Å². The maximum absolute atomic E-state index is 12.2. The van der Waals surface area contributed by atoms with Crippen molar-refractivity contribution in [2.45, 2.75) is 18.6 Å². The van der Waals surface area contributed by atoms with Crippen molar-refractivity contribution in [1.82, 2.24) is 5.32 Å². The third kappa shape index (κ3) is 4.28. The van der Waals surface area contributed by atoms with Crippen molar-refractivity contribution in [2.24, 2.45) is 5.73 Å². The minimum Gasteiger partial charge on any atom is -0.387 e. The zero-order valence-corrected chi connectivity index (χ0v) is 13.3. The number of rotatable bonds is 5. The normalized spacial score (nSPS) is 14.6. The molecule has 6 heteroatoms. The molecule has 2 rings (SSSR count). The minimum atomic E-state index is -1.12. The maximum Gasteiger partial charge on any atom is 0.244 e. The number of carbonyl (C=O) groups excluding carboxylic acids is 1. The number of amides is 1. The fourth-order valence-electron chi connectivity index (χ4n) is 1.87. The van der Waals surface area contributed by atoms with Crippen LogP contribution >= 0.6 is 23.7 Å². The molecule has 0 radical (unpaired) electrons. The van der Waals surface area contributed by atoms with Gasteiger partial charge in [0.05, 0.1) is 6.10 Å². The predicted octanol–water partition coefficient (Wildman–Crippen LogP) is 2.19. The Morgan fingerprint density at radius 3 is 2.62 bits per heavy atom. The first-order valence-corrected chi connectivity index (χ1v) is 7.29. The van der Waals surface area contributed by atoms with Gasteiger partial charge < -0.3 is 16.2 Å². The van der Waals surface area contributed by atoms with Crippen LogP contribution in [0.25, 0.3) is 0 Å². The Labute approximate surface area is 134 Å². The lowest BCUT2D eigenvalue weighted by atomic mass is 9.92. The molecule has 1 heterocycles. The number of aliphatic hydroxyl groups excluding tert-OH is 1. The van der Waals surface area contributed by atoms with Crippen LogP contribution in [0, 0.1) is 0 Å². The Balaban J connectivity index is 0.00000220. The molecule has 0 saturated heterocycles. The highest BCUT2D eigenvalue weighted by Gasteiger charge is 2.30. The third-order valence-electron chi connectivity index (χ3n) is 3.23. The van der Waals surface area contributed by atoms with Gasteiger partial charge in [-0.3, -0.25) is 4.79 Å². The molecule has 0 aliphatic heterocycles. The summed E-state index contributed by atoms with van der Waals surface area (Å²) >= 11 is 1.51. The van der Waals surface area contributed by atoms with E-state index in [1.165, 1.54) is 11.3 Å². The van der Waals surface area contributed by atoms with Crippen LogP contribution < -0.4 is 11.1 Å². The fourth-order valence-corrected chi connectivity index (χ4v) is 2.58. The Hall–Kier alpha value is -1.40. The Kier molecular flexibility index (Phi) is 6.36. The number of nitrogens with one attached hydrogen (secondary N) is 1. The highest BCUT2D eigenvalue weighted by molar-refractivity contribution is 7.07. The molecule has 1 aromatic carbocycles. The lowest BCUT2D eigenvalue weighted by molar-refractivity contribution is -0.126. The number of aliphatic hydroxyl groups is 1. The number of hydrogen-bond donors (Lipinski definition) is 3. The van der Waals surface area contributed by atoms with Gasteiger partial charge in [0, 0.05) is 6.54 Å². The summed E-state index contributed by atoms with van der Waals surface area (Å²) in [6.45, 7) is 1.81. The minimum absolute atomic E-state index is 0. The topological polar surface area (TPSA) is 75.4 Å². The average molecular weight is 327 g/mol. The van der Waals surface area contributed by atoms with E-state index in [1.54, 1.807) is 6.92 Å². The van der Waals surface area contributed by atoms with E-state index in [4.69, 9.17) is 5.73 Å². The number of carbonyl (C=O) groups is 1. The third-order valence-corrected chi connectivity index (χ3v) is 3.93. The molecule has 0 spiro atoms. The van der Waals surface area contributed by atoms with E-state index in [-0.39, 0.29) is 24.9 Å². The molecule has 2 aromatic rings.